The van der Waals surface area contributed by atoms with Gasteiger partial charge in [0.25, 0.3) is 0 Å². The van der Waals surface area contributed by atoms with Crippen molar-refractivity contribution in [1.29, 1.82) is 0 Å². The molecule has 0 aliphatic heterocycles. The molecule has 18 heavy (non-hydrogen) atoms. The molecule has 110 valence electrons. The van der Waals surface area contributed by atoms with Crippen molar-refractivity contribution in [2.45, 2.75) is 0 Å². The van der Waals surface area contributed by atoms with Gasteiger partial charge in [0.05, 0.1) is 0 Å². The van der Waals surface area contributed by atoms with E-state index in [1.807, 2.05) is 0 Å². The fourth-order valence-corrected chi connectivity index (χ4v) is 0. The first-order chi connectivity index (χ1) is 7.00. The fraction of sp³-hybridized carbons (Fsp3) is 0. The summed E-state index contributed by atoms with van der Waals surface area (Å²) in [5, 5.41) is 0. The SMILES string of the molecule is F[B-](F)(F)F.F[B-](F)(F)F.F[B-](F)(F)F.[CH2-]Cl.[K+]. The van der Waals surface area contributed by atoms with Crippen LogP contribution in [-0.2, 0) is 0 Å². The monoisotopic (exact) mass is 349 g/mol. The zero-order valence-corrected chi connectivity index (χ0v) is 12.2. The van der Waals surface area contributed by atoms with Crippen LogP contribution in [0.1, 0.15) is 0 Å². The third kappa shape index (κ3) is 2790. The van der Waals surface area contributed by atoms with E-state index in [1.165, 1.54) is 0 Å². The van der Waals surface area contributed by atoms with E-state index in [1.54, 1.807) is 0 Å². The van der Waals surface area contributed by atoms with Crippen LogP contribution >= 0.6 is 11.6 Å². The summed E-state index contributed by atoms with van der Waals surface area (Å²) in [4.78, 5) is 0. The predicted octanol–water partition coefficient (Wildman–Crippen LogP) is 1.92. The van der Waals surface area contributed by atoms with Gasteiger partial charge in [-0.2, -0.15) is 0 Å². The number of hydrogen-bond acceptors (Lipinski definition) is 0. The Morgan fingerprint density at radius 3 is 0.444 bits per heavy atom. The largest absolute Gasteiger partial charge is 1.00 e. The van der Waals surface area contributed by atoms with Crippen LogP contribution in [0.2, 0.25) is 0 Å². The molecule has 0 N–H and O–H groups in total. The first kappa shape index (κ1) is 31.6. The van der Waals surface area contributed by atoms with E-state index in [0.29, 0.717) is 0 Å². The zero-order valence-electron chi connectivity index (χ0n) is 8.35. The van der Waals surface area contributed by atoms with Crippen molar-refractivity contribution in [3.63, 3.8) is 0 Å². The topological polar surface area (TPSA) is 0 Å². The van der Waals surface area contributed by atoms with Crippen LogP contribution in [0, 0.1) is 6.38 Å². The average molecular weight is 349 g/mol. The van der Waals surface area contributed by atoms with Crippen LogP contribution in [0.5, 0.6) is 0 Å². The van der Waals surface area contributed by atoms with Gasteiger partial charge in [-0.25, -0.2) is 0 Å². The van der Waals surface area contributed by atoms with Crippen LogP contribution in [-0.4, -0.2) is 21.8 Å². The van der Waals surface area contributed by atoms with E-state index in [0.717, 1.165) is 0 Å². The van der Waals surface area contributed by atoms with Gasteiger partial charge < -0.3 is 63.4 Å². The molecule has 0 aliphatic carbocycles. The van der Waals surface area contributed by atoms with Gasteiger partial charge in [0.1, 0.15) is 0 Å². The Labute approximate surface area is 142 Å². The average Bonchev–Trinajstić information content (AvgIpc) is 1.77. The van der Waals surface area contributed by atoms with Gasteiger partial charge in [-0.05, 0) is 0 Å². The van der Waals surface area contributed by atoms with Gasteiger partial charge in [-0.15, -0.1) is 0 Å². The standard InChI is InChI=1S/CH2Cl.3BF4.K/c1-2;3*2-1(3,4)5;/h1H2;;;;/q4*-1;+1. The predicted molar refractivity (Wildman–Crippen MR) is 41.8 cm³/mol. The molecular formula is CH2B3ClF12K-3. The van der Waals surface area contributed by atoms with Crippen LogP contribution in [0.25, 0.3) is 0 Å². The van der Waals surface area contributed by atoms with Gasteiger partial charge in [0.2, 0.25) is 0 Å². The Hall–Kier alpha value is 1.28. The summed E-state index contributed by atoms with van der Waals surface area (Å²) in [5.74, 6) is 0. The minimum absolute atomic E-state index is 0. The van der Waals surface area contributed by atoms with E-state index in [-0.39, 0.29) is 51.4 Å². The van der Waals surface area contributed by atoms with Crippen molar-refractivity contribution < 1.29 is 103 Å². The van der Waals surface area contributed by atoms with Crippen LogP contribution in [0.4, 0.5) is 51.8 Å². The molecule has 0 spiro atoms. The molecule has 0 fully saturated rings. The summed E-state index contributed by atoms with van der Waals surface area (Å²) < 4.78 is 117. The van der Waals surface area contributed by atoms with Crippen LogP contribution in [0.3, 0.4) is 0 Å². The molecule has 0 saturated carbocycles. The minimum Gasteiger partial charge on any atom is -0.418 e. The number of rotatable bonds is 0. The second-order valence-corrected chi connectivity index (χ2v) is 1.48. The first-order valence-corrected chi connectivity index (χ1v) is 3.42. The summed E-state index contributed by atoms with van der Waals surface area (Å²) in [5.41, 5.74) is 0. The molecule has 0 aliphatic rings. The Morgan fingerprint density at radius 2 is 0.444 bits per heavy atom. The van der Waals surface area contributed by atoms with Crippen molar-refractivity contribution in [1.82, 2.24) is 0 Å². The minimum atomic E-state index is -6.00. The third-order valence-electron chi connectivity index (χ3n) is 0. The summed E-state index contributed by atoms with van der Waals surface area (Å²) in [7, 11) is -18.0. The Balaban J connectivity index is -0.0000000427. The maximum absolute atomic E-state index is 9.75. The Bertz CT molecular complexity index is 102. The second kappa shape index (κ2) is 14.7. The number of halogens is 13. The van der Waals surface area contributed by atoms with E-state index >= 15 is 0 Å². The van der Waals surface area contributed by atoms with E-state index < -0.39 is 21.8 Å². The van der Waals surface area contributed by atoms with Crippen molar-refractivity contribution in [2.24, 2.45) is 0 Å². The van der Waals surface area contributed by atoms with E-state index in [4.69, 9.17) is 0 Å². The van der Waals surface area contributed by atoms with E-state index in [2.05, 4.69) is 18.0 Å². The molecule has 0 aromatic heterocycles. The summed E-state index contributed by atoms with van der Waals surface area (Å²) in [6.07, 6.45) is 2.72. The molecular weight excluding hydrogens is 347 g/mol. The van der Waals surface area contributed by atoms with Gasteiger partial charge in [-0.3, -0.25) is 6.38 Å². The smallest absolute Gasteiger partial charge is 0.418 e. The summed E-state index contributed by atoms with van der Waals surface area (Å²) in [6, 6.07) is 0. The van der Waals surface area contributed by atoms with Gasteiger partial charge in [0, 0.05) is 0 Å². The summed E-state index contributed by atoms with van der Waals surface area (Å²) >= 11 is 4.39. The van der Waals surface area contributed by atoms with E-state index in [9.17, 15) is 51.8 Å². The third-order valence-corrected chi connectivity index (χ3v) is 0. The van der Waals surface area contributed by atoms with Gasteiger partial charge in [0.15, 0.2) is 0 Å². The first-order valence-electron chi connectivity index (χ1n) is 2.89. The molecule has 0 nitrogen and oxygen atoms in total. The molecule has 0 aromatic carbocycles. The zero-order chi connectivity index (χ0) is 15.5. The molecule has 17 heteroatoms. The fourth-order valence-electron chi connectivity index (χ4n) is 0. The molecule has 0 saturated heterocycles. The van der Waals surface area contributed by atoms with Gasteiger partial charge >= 0.3 is 73.1 Å². The Kier molecular flexibility index (Phi) is 25.8. The van der Waals surface area contributed by atoms with Crippen molar-refractivity contribution in [3.8, 4) is 0 Å². The normalized spacial score (nSPS) is 10.3. The van der Waals surface area contributed by atoms with Crippen LogP contribution in [0.15, 0.2) is 0 Å². The van der Waals surface area contributed by atoms with Gasteiger partial charge in [-0.1, -0.05) is 0 Å². The maximum atomic E-state index is 9.75. The molecule has 0 unspecified atom stereocenters. The molecule has 0 heterocycles. The molecule has 0 aromatic rings. The molecule has 0 radical (unpaired) electrons. The van der Waals surface area contributed by atoms with Crippen molar-refractivity contribution >= 4 is 33.4 Å². The second-order valence-electron chi connectivity index (χ2n) is 1.48. The quantitative estimate of drug-likeness (QED) is 0.356. The molecule has 0 bridgehead atoms. The Morgan fingerprint density at radius 1 is 0.444 bits per heavy atom. The molecule has 0 amide bonds. The summed E-state index contributed by atoms with van der Waals surface area (Å²) in [6.45, 7) is 0. The van der Waals surface area contributed by atoms with Crippen molar-refractivity contribution in [2.75, 3.05) is 0 Å². The van der Waals surface area contributed by atoms with Crippen LogP contribution < -0.4 is 51.4 Å². The number of hydrogen-bond donors (Lipinski definition) is 0. The molecule has 0 atom stereocenters. The molecule has 0 rings (SSSR count). The maximum Gasteiger partial charge on any atom is 1.00 e. The van der Waals surface area contributed by atoms with Crippen molar-refractivity contribution in [3.05, 3.63) is 6.38 Å².